The van der Waals surface area contributed by atoms with Crippen LogP contribution in [-0.4, -0.2) is 22.5 Å². The van der Waals surface area contributed by atoms with E-state index < -0.39 is 0 Å². The van der Waals surface area contributed by atoms with E-state index >= 15 is 0 Å². The van der Waals surface area contributed by atoms with E-state index in [4.69, 9.17) is 22.4 Å². The van der Waals surface area contributed by atoms with Crippen molar-refractivity contribution < 1.29 is 4.42 Å². The van der Waals surface area contributed by atoms with Crippen molar-refractivity contribution in [3.8, 4) is 0 Å². The highest BCUT2D eigenvalue weighted by atomic mass is 32.1. The van der Waals surface area contributed by atoms with Gasteiger partial charge in [0.15, 0.2) is 0 Å². The average molecular weight is 280 g/mol. The summed E-state index contributed by atoms with van der Waals surface area (Å²) in [6, 6.07) is 4.75. The standard InChI is InChI=1S/C15H24N2OS/c1-15(2,14(16)19)8-4-9-17(12-6-7-12)11-13-5-3-10-18-13/h3,5,10,12H,4,6-9,11H2,1-2H3,(H2,16,19). The molecule has 0 bridgehead atoms. The molecule has 1 fully saturated rings. The molecule has 19 heavy (non-hydrogen) atoms. The van der Waals surface area contributed by atoms with Crippen molar-refractivity contribution in [1.29, 1.82) is 0 Å². The van der Waals surface area contributed by atoms with Gasteiger partial charge in [0.1, 0.15) is 5.76 Å². The molecule has 1 aromatic rings. The van der Waals surface area contributed by atoms with Gasteiger partial charge in [0.25, 0.3) is 0 Å². The Morgan fingerprint density at radius 2 is 2.26 bits per heavy atom. The van der Waals surface area contributed by atoms with Gasteiger partial charge in [-0.1, -0.05) is 26.1 Å². The van der Waals surface area contributed by atoms with Gasteiger partial charge in [-0.25, -0.2) is 0 Å². The highest BCUT2D eigenvalue weighted by Gasteiger charge is 2.30. The van der Waals surface area contributed by atoms with E-state index in [1.807, 2.05) is 12.1 Å². The Morgan fingerprint density at radius 3 is 2.79 bits per heavy atom. The molecule has 1 aromatic heterocycles. The van der Waals surface area contributed by atoms with E-state index in [9.17, 15) is 0 Å². The first-order valence-corrected chi connectivity index (χ1v) is 7.46. The third-order valence-corrected chi connectivity index (χ3v) is 4.47. The van der Waals surface area contributed by atoms with Gasteiger partial charge >= 0.3 is 0 Å². The Balaban J connectivity index is 1.80. The fourth-order valence-corrected chi connectivity index (χ4v) is 2.38. The molecule has 4 heteroatoms. The molecular formula is C15H24N2OS. The van der Waals surface area contributed by atoms with Crippen molar-refractivity contribution in [3.63, 3.8) is 0 Å². The number of hydrogen-bond donors (Lipinski definition) is 1. The fraction of sp³-hybridized carbons (Fsp3) is 0.667. The Hall–Kier alpha value is -0.870. The Kier molecular flexibility index (Phi) is 4.63. The van der Waals surface area contributed by atoms with Crippen LogP contribution in [0.1, 0.15) is 45.3 Å². The van der Waals surface area contributed by atoms with Crippen molar-refractivity contribution in [1.82, 2.24) is 4.90 Å². The molecule has 0 amide bonds. The van der Waals surface area contributed by atoms with Crippen LogP contribution in [0.4, 0.5) is 0 Å². The first-order valence-electron chi connectivity index (χ1n) is 7.05. The molecule has 2 N–H and O–H groups in total. The van der Waals surface area contributed by atoms with Gasteiger partial charge in [-0.15, -0.1) is 0 Å². The maximum atomic E-state index is 5.77. The van der Waals surface area contributed by atoms with Crippen LogP contribution in [0.5, 0.6) is 0 Å². The van der Waals surface area contributed by atoms with E-state index in [1.54, 1.807) is 6.26 Å². The van der Waals surface area contributed by atoms with Gasteiger partial charge in [0.05, 0.1) is 17.8 Å². The van der Waals surface area contributed by atoms with Crippen LogP contribution in [0.25, 0.3) is 0 Å². The number of hydrogen-bond acceptors (Lipinski definition) is 3. The second kappa shape index (κ2) is 6.06. The Bertz CT molecular complexity index is 410. The van der Waals surface area contributed by atoms with Crippen molar-refractivity contribution in [2.45, 2.75) is 52.1 Å². The lowest BCUT2D eigenvalue weighted by molar-refractivity contribution is 0.222. The summed E-state index contributed by atoms with van der Waals surface area (Å²) < 4.78 is 5.44. The van der Waals surface area contributed by atoms with Crippen molar-refractivity contribution in [2.75, 3.05) is 6.54 Å². The average Bonchev–Trinajstić information content (AvgIpc) is 3.06. The summed E-state index contributed by atoms with van der Waals surface area (Å²) in [6.07, 6.45) is 6.56. The highest BCUT2D eigenvalue weighted by molar-refractivity contribution is 7.80. The fourth-order valence-electron chi connectivity index (χ4n) is 2.28. The third-order valence-electron chi connectivity index (χ3n) is 3.92. The third kappa shape index (κ3) is 4.32. The predicted octanol–water partition coefficient (Wildman–Crippen LogP) is 3.34. The summed E-state index contributed by atoms with van der Waals surface area (Å²) in [5, 5.41) is 0. The first kappa shape index (κ1) is 14.5. The molecule has 1 aliphatic carbocycles. The van der Waals surface area contributed by atoms with Crippen LogP contribution in [0.15, 0.2) is 22.8 Å². The lowest BCUT2D eigenvalue weighted by Gasteiger charge is -2.26. The summed E-state index contributed by atoms with van der Waals surface area (Å²) in [4.78, 5) is 3.14. The van der Waals surface area contributed by atoms with Crippen LogP contribution >= 0.6 is 12.2 Å². The molecule has 2 rings (SSSR count). The van der Waals surface area contributed by atoms with Crippen LogP contribution < -0.4 is 5.73 Å². The number of thiocarbonyl (C=S) groups is 1. The van der Waals surface area contributed by atoms with Crippen LogP contribution in [0.2, 0.25) is 0 Å². The summed E-state index contributed by atoms with van der Waals surface area (Å²) in [5.41, 5.74) is 5.74. The minimum atomic E-state index is -0.0325. The zero-order valence-electron chi connectivity index (χ0n) is 11.9. The molecule has 0 radical (unpaired) electrons. The highest BCUT2D eigenvalue weighted by Crippen LogP contribution is 2.30. The van der Waals surface area contributed by atoms with Crippen LogP contribution in [0, 0.1) is 5.41 Å². The van der Waals surface area contributed by atoms with Gasteiger partial charge in [-0.3, -0.25) is 4.90 Å². The van der Waals surface area contributed by atoms with E-state index in [2.05, 4.69) is 18.7 Å². The number of furan rings is 1. The maximum Gasteiger partial charge on any atom is 0.117 e. The molecule has 0 unspecified atom stereocenters. The summed E-state index contributed by atoms with van der Waals surface area (Å²) in [6.45, 7) is 6.27. The second-order valence-corrected chi connectivity index (χ2v) is 6.57. The largest absolute Gasteiger partial charge is 0.468 e. The minimum absolute atomic E-state index is 0.0325. The molecule has 0 atom stereocenters. The predicted molar refractivity (Wildman–Crippen MR) is 81.9 cm³/mol. The molecule has 0 saturated heterocycles. The van der Waals surface area contributed by atoms with E-state index in [-0.39, 0.29) is 5.41 Å². The van der Waals surface area contributed by atoms with E-state index in [1.165, 1.54) is 12.8 Å². The number of rotatable bonds is 8. The smallest absolute Gasteiger partial charge is 0.117 e. The second-order valence-electron chi connectivity index (χ2n) is 6.13. The van der Waals surface area contributed by atoms with Gasteiger partial charge < -0.3 is 10.2 Å². The quantitative estimate of drug-likeness (QED) is 0.742. The topological polar surface area (TPSA) is 42.4 Å². The molecule has 1 aliphatic rings. The van der Waals surface area contributed by atoms with Crippen molar-refractivity contribution in [3.05, 3.63) is 24.2 Å². The molecule has 1 heterocycles. The minimum Gasteiger partial charge on any atom is -0.468 e. The zero-order valence-corrected chi connectivity index (χ0v) is 12.7. The molecule has 1 saturated carbocycles. The molecular weight excluding hydrogens is 256 g/mol. The van der Waals surface area contributed by atoms with Gasteiger partial charge in [0, 0.05) is 11.5 Å². The van der Waals surface area contributed by atoms with Crippen molar-refractivity contribution >= 4 is 17.2 Å². The number of nitrogens with zero attached hydrogens (tertiary/aromatic N) is 1. The van der Waals surface area contributed by atoms with Gasteiger partial charge in [-0.2, -0.15) is 0 Å². The summed E-state index contributed by atoms with van der Waals surface area (Å²) in [7, 11) is 0. The normalized spacial score (nSPS) is 15.9. The summed E-state index contributed by atoms with van der Waals surface area (Å²) in [5.74, 6) is 1.06. The van der Waals surface area contributed by atoms with Crippen molar-refractivity contribution in [2.24, 2.45) is 11.1 Å². The first-order chi connectivity index (χ1) is 8.99. The SMILES string of the molecule is CC(C)(CCCN(Cc1ccco1)C1CC1)C(N)=S. The molecule has 0 spiro atoms. The van der Waals surface area contributed by atoms with Crippen LogP contribution in [0.3, 0.4) is 0 Å². The van der Waals surface area contributed by atoms with Crippen LogP contribution in [-0.2, 0) is 6.54 Å². The monoisotopic (exact) mass is 280 g/mol. The molecule has 0 aliphatic heterocycles. The summed E-state index contributed by atoms with van der Waals surface area (Å²) >= 11 is 5.12. The lowest BCUT2D eigenvalue weighted by atomic mass is 9.88. The van der Waals surface area contributed by atoms with Gasteiger partial charge in [0.2, 0.25) is 0 Å². The van der Waals surface area contributed by atoms with E-state index in [0.29, 0.717) is 4.99 Å². The number of nitrogens with two attached hydrogens (primary N) is 1. The molecule has 106 valence electrons. The van der Waals surface area contributed by atoms with E-state index in [0.717, 1.165) is 37.7 Å². The molecule has 3 nitrogen and oxygen atoms in total. The molecule has 0 aromatic carbocycles. The maximum absolute atomic E-state index is 5.77. The Labute approximate surface area is 121 Å². The van der Waals surface area contributed by atoms with Gasteiger partial charge in [-0.05, 0) is 44.4 Å². The lowest BCUT2D eigenvalue weighted by Crippen LogP contribution is -2.32. The Morgan fingerprint density at radius 1 is 1.53 bits per heavy atom. The zero-order chi connectivity index (χ0) is 13.9.